The lowest BCUT2D eigenvalue weighted by Gasteiger charge is -2.26. The normalized spacial score (nSPS) is 17.3. The summed E-state index contributed by atoms with van der Waals surface area (Å²) < 4.78 is 27.4. The van der Waals surface area contributed by atoms with Gasteiger partial charge in [-0.25, -0.2) is 13.1 Å². The number of nitro benzene ring substituents is 1. The molecule has 1 atom stereocenters. The lowest BCUT2D eigenvalue weighted by atomic mass is 10.2. The van der Waals surface area contributed by atoms with Crippen molar-refractivity contribution in [1.29, 1.82) is 0 Å². The van der Waals surface area contributed by atoms with Crippen molar-refractivity contribution in [3.05, 3.63) is 33.3 Å². The molecule has 1 unspecified atom stereocenters. The highest BCUT2D eigenvalue weighted by Crippen LogP contribution is 2.27. The summed E-state index contributed by atoms with van der Waals surface area (Å²) >= 11 is 5.72. The summed E-state index contributed by atoms with van der Waals surface area (Å²) in [7, 11) is -3.96. The number of nitro groups is 1. The largest absolute Gasteiger partial charge is 0.299 e. The van der Waals surface area contributed by atoms with Gasteiger partial charge in [0.1, 0.15) is 0 Å². The highest BCUT2D eigenvalue weighted by Gasteiger charge is 2.28. The minimum atomic E-state index is -3.96. The maximum absolute atomic E-state index is 12.4. The first-order valence-corrected chi connectivity index (χ1v) is 9.39. The third-order valence-corrected chi connectivity index (χ3v) is 5.75. The van der Waals surface area contributed by atoms with Crippen LogP contribution in [-0.4, -0.2) is 43.9 Å². The van der Waals surface area contributed by atoms with Crippen molar-refractivity contribution in [2.24, 2.45) is 0 Å². The number of nitrogens with one attached hydrogen (secondary N) is 1. The predicted octanol–water partition coefficient (Wildman–Crippen LogP) is 2.40. The molecule has 1 aliphatic rings. The zero-order chi connectivity index (χ0) is 17.0. The average Bonchev–Trinajstić information content (AvgIpc) is 3.01. The van der Waals surface area contributed by atoms with E-state index in [9.17, 15) is 18.5 Å². The number of rotatable bonds is 7. The molecule has 1 N–H and O–H groups in total. The number of sulfonamides is 1. The van der Waals surface area contributed by atoms with E-state index in [4.69, 9.17) is 11.6 Å². The fraction of sp³-hybridized carbons (Fsp3) is 0.571. The summed E-state index contributed by atoms with van der Waals surface area (Å²) in [6.45, 7) is 4.16. The molecular formula is C14H20ClN3O4S. The summed E-state index contributed by atoms with van der Waals surface area (Å²) in [5.41, 5.74) is -0.515. The summed E-state index contributed by atoms with van der Waals surface area (Å²) in [5.74, 6) is 0. The Bertz CT molecular complexity index is 675. The van der Waals surface area contributed by atoms with E-state index in [0.717, 1.165) is 38.4 Å². The van der Waals surface area contributed by atoms with Crippen LogP contribution in [0.15, 0.2) is 23.1 Å². The SMILES string of the molecule is CCC(CNS(=O)(=O)c1ccc(Cl)cc1[N+](=O)[O-])N1CCCC1. The molecule has 0 radical (unpaired) electrons. The molecule has 1 aromatic rings. The van der Waals surface area contributed by atoms with E-state index in [1.54, 1.807) is 0 Å². The Morgan fingerprint density at radius 2 is 2.04 bits per heavy atom. The van der Waals surface area contributed by atoms with Crippen molar-refractivity contribution >= 4 is 27.3 Å². The molecule has 1 aliphatic heterocycles. The number of hydrogen-bond donors (Lipinski definition) is 1. The molecule has 0 amide bonds. The number of nitrogens with zero attached hydrogens (tertiary/aromatic N) is 2. The molecule has 1 fully saturated rings. The van der Waals surface area contributed by atoms with Crippen LogP contribution in [0.2, 0.25) is 5.02 Å². The maximum atomic E-state index is 12.4. The molecule has 23 heavy (non-hydrogen) atoms. The van der Waals surface area contributed by atoms with E-state index in [0.29, 0.717) is 0 Å². The van der Waals surface area contributed by atoms with Crippen LogP contribution in [0.1, 0.15) is 26.2 Å². The number of hydrogen-bond acceptors (Lipinski definition) is 5. The van der Waals surface area contributed by atoms with Gasteiger partial charge < -0.3 is 0 Å². The summed E-state index contributed by atoms with van der Waals surface area (Å²) in [6.07, 6.45) is 3.04. The highest BCUT2D eigenvalue weighted by atomic mass is 35.5. The van der Waals surface area contributed by atoms with Gasteiger partial charge in [-0.05, 0) is 44.5 Å². The van der Waals surface area contributed by atoms with Crippen LogP contribution in [0.25, 0.3) is 0 Å². The third-order valence-electron chi connectivity index (χ3n) is 4.04. The fourth-order valence-electron chi connectivity index (χ4n) is 2.78. The van der Waals surface area contributed by atoms with Crippen LogP contribution in [-0.2, 0) is 10.0 Å². The molecule has 7 nitrogen and oxygen atoms in total. The van der Waals surface area contributed by atoms with Gasteiger partial charge in [-0.1, -0.05) is 18.5 Å². The van der Waals surface area contributed by atoms with Crippen LogP contribution in [0.5, 0.6) is 0 Å². The molecule has 0 aliphatic carbocycles. The van der Waals surface area contributed by atoms with E-state index in [1.807, 2.05) is 6.92 Å². The Hall–Kier alpha value is -1.22. The zero-order valence-corrected chi connectivity index (χ0v) is 14.4. The van der Waals surface area contributed by atoms with Gasteiger partial charge in [-0.2, -0.15) is 0 Å². The van der Waals surface area contributed by atoms with E-state index < -0.39 is 20.6 Å². The molecule has 128 valence electrons. The van der Waals surface area contributed by atoms with Gasteiger partial charge in [-0.3, -0.25) is 15.0 Å². The van der Waals surface area contributed by atoms with Crippen molar-refractivity contribution in [3.63, 3.8) is 0 Å². The molecule has 1 heterocycles. The van der Waals surface area contributed by atoms with Crippen molar-refractivity contribution in [1.82, 2.24) is 9.62 Å². The molecule has 1 aromatic carbocycles. The smallest absolute Gasteiger partial charge is 0.290 e. The molecule has 2 rings (SSSR count). The van der Waals surface area contributed by atoms with E-state index >= 15 is 0 Å². The van der Waals surface area contributed by atoms with Gasteiger partial charge in [0.15, 0.2) is 4.90 Å². The summed E-state index contributed by atoms with van der Waals surface area (Å²) in [4.78, 5) is 12.2. The Balaban J connectivity index is 2.17. The Kier molecular flexibility index (Phi) is 5.96. The van der Waals surface area contributed by atoms with Gasteiger partial charge in [0.2, 0.25) is 10.0 Å². The van der Waals surface area contributed by atoms with Gasteiger partial charge in [0.25, 0.3) is 5.69 Å². The average molecular weight is 362 g/mol. The Morgan fingerprint density at radius 3 is 2.61 bits per heavy atom. The van der Waals surface area contributed by atoms with Crippen molar-refractivity contribution in [2.75, 3.05) is 19.6 Å². The fourth-order valence-corrected chi connectivity index (χ4v) is 4.17. The molecule has 0 aromatic heterocycles. The third kappa shape index (κ3) is 4.41. The summed E-state index contributed by atoms with van der Waals surface area (Å²) in [5, 5.41) is 11.2. The standard InChI is InChI=1S/C14H20ClN3O4S/c1-2-12(17-7-3-4-8-17)10-16-23(21,22)14-6-5-11(15)9-13(14)18(19)20/h5-6,9,12,16H,2-4,7-8,10H2,1H3. The van der Waals surface area contributed by atoms with Crippen LogP contribution in [0.3, 0.4) is 0 Å². The molecule has 0 spiro atoms. The minimum Gasteiger partial charge on any atom is -0.299 e. The molecule has 0 saturated carbocycles. The Morgan fingerprint density at radius 1 is 1.39 bits per heavy atom. The number of halogens is 1. The molecule has 9 heteroatoms. The lowest BCUT2D eigenvalue weighted by Crippen LogP contribution is -2.42. The van der Waals surface area contributed by atoms with E-state index in [-0.39, 0.29) is 22.5 Å². The van der Waals surface area contributed by atoms with Gasteiger partial charge in [-0.15, -0.1) is 0 Å². The van der Waals surface area contributed by atoms with Crippen LogP contribution in [0, 0.1) is 10.1 Å². The summed E-state index contributed by atoms with van der Waals surface area (Å²) in [6, 6.07) is 3.65. The van der Waals surface area contributed by atoms with E-state index in [2.05, 4.69) is 9.62 Å². The second-order valence-electron chi connectivity index (χ2n) is 5.53. The zero-order valence-electron chi connectivity index (χ0n) is 12.9. The second-order valence-corrected chi connectivity index (χ2v) is 7.70. The topological polar surface area (TPSA) is 92.5 Å². The monoisotopic (exact) mass is 361 g/mol. The van der Waals surface area contributed by atoms with Crippen LogP contribution >= 0.6 is 11.6 Å². The van der Waals surface area contributed by atoms with Crippen LogP contribution < -0.4 is 4.72 Å². The predicted molar refractivity (Wildman–Crippen MR) is 88.2 cm³/mol. The first kappa shape index (κ1) is 18.1. The van der Waals surface area contributed by atoms with E-state index in [1.165, 1.54) is 12.1 Å². The molecule has 0 bridgehead atoms. The second kappa shape index (κ2) is 7.57. The van der Waals surface area contributed by atoms with Gasteiger partial charge in [0.05, 0.1) is 4.92 Å². The van der Waals surface area contributed by atoms with Gasteiger partial charge >= 0.3 is 0 Å². The first-order valence-electron chi connectivity index (χ1n) is 7.53. The van der Waals surface area contributed by atoms with Crippen molar-refractivity contribution < 1.29 is 13.3 Å². The quantitative estimate of drug-likeness (QED) is 0.594. The molecule has 1 saturated heterocycles. The minimum absolute atomic E-state index is 0.0960. The highest BCUT2D eigenvalue weighted by molar-refractivity contribution is 7.89. The van der Waals surface area contributed by atoms with Crippen molar-refractivity contribution in [3.8, 4) is 0 Å². The number of benzene rings is 1. The maximum Gasteiger partial charge on any atom is 0.290 e. The lowest BCUT2D eigenvalue weighted by molar-refractivity contribution is -0.387. The van der Waals surface area contributed by atoms with Gasteiger partial charge in [0, 0.05) is 23.7 Å². The number of likely N-dealkylation sites (tertiary alicyclic amines) is 1. The molecular weight excluding hydrogens is 342 g/mol. The van der Waals surface area contributed by atoms with Crippen LogP contribution in [0.4, 0.5) is 5.69 Å². The van der Waals surface area contributed by atoms with Crippen molar-refractivity contribution in [2.45, 2.75) is 37.1 Å². The Labute approximate surface area is 140 Å². The first-order chi connectivity index (χ1) is 10.8.